The van der Waals surface area contributed by atoms with Crippen molar-refractivity contribution in [2.75, 3.05) is 6.61 Å². The van der Waals surface area contributed by atoms with Crippen molar-refractivity contribution in [3.05, 3.63) is 59.4 Å². The van der Waals surface area contributed by atoms with Crippen LogP contribution in [0.2, 0.25) is 0 Å². The molecule has 9 nitrogen and oxygen atoms in total. The molecule has 2 heterocycles. The van der Waals surface area contributed by atoms with Gasteiger partial charge >= 0.3 is 0 Å². The topological polar surface area (TPSA) is 154 Å². The number of nitrogens with two attached hydrogens (primary N) is 1. The fraction of sp³-hybridized carbons (Fsp3) is 0.381. The first-order chi connectivity index (χ1) is 14.2. The lowest BCUT2D eigenvalue weighted by Gasteiger charge is -2.10. The predicted octanol–water partition coefficient (Wildman–Crippen LogP) is 1.51. The number of rotatable bonds is 4. The first-order valence-electron chi connectivity index (χ1n) is 9.54. The summed E-state index contributed by atoms with van der Waals surface area (Å²) >= 11 is 0. The number of ether oxygens (including phenoxy) is 1. The number of aliphatic hydroxyl groups is 3. The van der Waals surface area contributed by atoms with Gasteiger partial charge < -0.3 is 30.8 Å². The smallest absolute Gasteiger partial charge is 0.279 e. The maximum absolute atomic E-state index is 12.3. The largest absolute Gasteiger partial charge is 0.394 e. The van der Waals surface area contributed by atoms with E-state index in [-0.39, 0.29) is 24.7 Å². The first kappa shape index (κ1) is 23.4. The third-order valence-corrected chi connectivity index (χ3v) is 4.03. The van der Waals surface area contributed by atoms with Crippen LogP contribution in [0.3, 0.4) is 0 Å². The predicted molar refractivity (Wildman–Crippen MR) is 113 cm³/mol. The molecule has 2 unspecified atom stereocenters. The Balaban J connectivity index is 0.000000575. The van der Waals surface area contributed by atoms with E-state index in [9.17, 15) is 9.90 Å². The van der Waals surface area contributed by atoms with Crippen LogP contribution < -0.4 is 5.73 Å². The summed E-state index contributed by atoms with van der Waals surface area (Å²) in [7, 11) is 0. The van der Waals surface area contributed by atoms with Gasteiger partial charge in [-0.1, -0.05) is 18.2 Å². The number of hydrogen-bond donors (Lipinski definition) is 5. The molecule has 6 N–H and O–H groups in total. The quantitative estimate of drug-likeness (QED) is 0.289. The molecule has 3 rings (SSSR count). The number of nitrogens with zero attached hydrogens (tertiary/aromatic N) is 2. The number of aliphatic hydroxyl groups excluding tert-OH is 1. The zero-order chi connectivity index (χ0) is 22.1. The second-order valence-corrected chi connectivity index (χ2v) is 7.21. The van der Waals surface area contributed by atoms with Gasteiger partial charge in [-0.25, -0.2) is 4.99 Å². The van der Waals surface area contributed by atoms with Gasteiger partial charge in [-0.05, 0) is 51.0 Å². The summed E-state index contributed by atoms with van der Waals surface area (Å²) in [5.74, 6) is -1.69. The number of carbonyl (C=O) groups is 1. The molecule has 1 aliphatic rings. The van der Waals surface area contributed by atoms with Crippen molar-refractivity contribution in [1.29, 1.82) is 0 Å². The lowest BCUT2D eigenvalue weighted by Crippen LogP contribution is -2.15. The second kappa shape index (κ2) is 10.8. The maximum Gasteiger partial charge on any atom is 0.279 e. The summed E-state index contributed by atoms with van der Waals surface area (Å²) in [6, 6.07) is 12.4. The number of hydrogen-bond acceptors (Lipinski definition) is 5. The van der Waals surface area contributed by atoms with E-state index in [1.54, 1.807) is 30.3 Å². The summed E-state index contributed by atoms with van der Waals surface area (Å²) < 4.78 is 5.75. The molecule has 0 saturated carbocycles. The molecular weight excluding hydrogens is 388 g/mol. The minimum atomic E-state index is -1.50. The van der Waals surface area contributed by atoms with Crippen molar-refractivity contribution in [2.24, 2.45) is 15.7 Å². The summed E-state index contributed by atoms with van der Waals surface area (Å²) in [5.41, 5.74) is 7.31. The van der Waals surface area contributed by atoms with Gasteiger partial charge in [0.25, 0.3) is 5.91 Å². The number of nitrogens with one attached hydrogen (secondary N) is 1. The Morgan fingerprint density at radius 1 is 1.23 bits per heavy atom. The molecule has 162 valence electrons. The lowest BCUT2D eigenvalue weighted by molar-refractivity contribution is -0.127. The third-order valence-electron chi connectivity index (χ3n) is 4.03. The van der Waals surface area contributed by atoms with Gasteiger partial charge in [0.15, 0.2) is 11.6 Å². The van der Waals surface area contributed by atoms with Crippen molar-refractivity contribution >= 4 is 18.1 Å². The van der Waals surface area contributed by atoms with Gasteiger partial charge in [0.1, 0.15) is 0 Å². The summed E-state index contributed by atoms with van der Waals surface area (Å²) in [5, 5.41) is 25.3. The van der Waals surface area contributed by atoms with Gasteiger partial charge in [-0.15, -0.1) is 0 Å². The molecule has 0 aliphatic carbocycles. The summed E-state index contributed by atoms with van der Waals surface area (Å²) in [6.45, 7) is 2.61. The molecule has 2 aromatic rings. The molecule has 0 bridgehead atoms. The number of benzene rings is 1. The number of aliphatic imine (C=N–C) groups is 2. The monoisotopic (exact) mass is 416 g/mol. The van der Waals surface area contributed by atoms with Gasteiger partial charge in [0.2, 0.25) is 0 Å². The van der Waals surface area contributed by atoms with Crippen LogP contribution in [0.4, 0.5) is 0 Å². The molecule has 0 spiro atoms. The second-order valence-electron chi connectivity index (χ2n) is 7.21. The average Bonchev–Trinajstić information content (AvgIpc) is 3.36. The van der Waals surface area contributed by atoms with Gasteiger partial charge in [-0.3, -0.25) is 4.79 Å². The van der Waals surface area contributed by atoms with Crippen LogP contribution in [-0.2, 0) is 4.74 Å². The Hall–Kier alpha value is -2.85. The highest BCUT2D eigenvalue weighted by atomic mass is 16.5. The van der Waals surface area contributed by atoms with Crippen molar-refractivity contribution in [3.63, 3.8) is 0 Å². The first-order valence-corrected chi connectivity index (χ1v) is 9.54. The van der Waals surface area contributed by atoms with E-state index < -0.39 is 11.7 Å². The molecule has 1 fully saturated rings. The molecule has 1 saturated heterocycles. The number of carbonyl (C=O) groups excluding carboxylic acids is 1. The van der Waals surface area contributed by atoms with E-state index in [1.807, 2.05) is 12.1 Å². The van der Waals surface area contributed by atoms with E-state index in [2.05, 4.69) is 15.0 Å². The fourth-order valence-electron chi connectivity index (χ4n) is 2.77. The Bertz CT molecular complexity index is 865. The molecule has 9 heteroatoms. The highest BCUT2D eigenvalue weighted by Gasteiger charge is 2.27. The SMILES string of the molecule is CC(C)(O)O.NC=NC(=NC(=O)c1ccccc1)c1ccc(C2CCC(CO)O2)[nH]1. The zero-order valence-corrected chi connectivity index (χ0v) is 17.0. The Morgan fingerprint density at radius 2 is 1.90 bits per heavy atom. The molecule has 1 aliphatic heterocycles. The Labute approximate surface area is 175 Å². The number of aromatic amines is 1. The molecule has 1 aromatic carbocycles. The summed E-state index contributed by atoms with van der Waals surface area (Å²) in [6.07, 6.45) is 2.49. The van der Waals surface area contributed by atoms with Crippen LogP contribution in [0, 0.1) is 0 Å². The van der Waals surface area contributed by atoms with Crippen molar-refractivity contribution in [2.45, 2.75) is 44.7 Å². The van der Waals surface area contributed by atoms with Crippen LogP contribution in [-0.4, -0.2) is 56.9 Å². The van der Waals surface area contributed by atoms with Gasteiger partial charge in [0, 0.05) is 11.3 Å². The number of amides is 1. The van der Waals surface area contributed by atoms with E-state index in [0.717, 1.165) is 24.9 Å². The van der Waals surface area contributed by atoms with E-state index in [0.29, 0.717) is 11.3 Å². The van der Waals surface area contributed by atoms with E-state index in [1.165, 1.54) is 13.8 Å². The van der Waals surface area contributed by atoms with E-state index >= 15 is 0 Å². The standard InChI is InChI=1S/C18H20N4O3.C3H8O2/c19-11-20-17(22-18(24)12-4-2-1-3-5-12)15-8-7-14(21-15)16-9-6-13(10-23)25-16;1-3(2,4)5/h1-5,7-8,11,13,16,21,23H,6,9-10H2,(H2,19,20,22,24);4-5H,1-2H3. The van der Waals surface area contributed by atoms with Crippen LogP contribution in [0.1, 0.15) is 54.5 Å². The Kier molecular flexibility index (Phi) is 8.43. The van der Waals surface area contributed by atoms with Crippen LogP contribution >= 0.6 is 0 Å². The van der Waals surface area contributed by atoms with Crippen LogP contribution in [0.25, 0.3) is 0 Å². The van der Waals surface area contributed by atoms with Crippen molar-refractivity contribution in [1.82, 2.24) is 4.98 Å². The van der Waals surface area contributed by atoms with Gasteiger partial charge in [0.05, 0.1) is 30.8 Å². The molecule has 2 atom stereocenters. The third kappa shape index (κ3) is 7.53. The maximum atomic E-state index is 12.3. The molecule has 30 heavy (non-hydrogen) atoms. The zero-order valence-electron chi connectivity index (χ0n) is 17.0. The highest BCUT2D eigenvalue weighted by Crippen LogP contribution is 2.32. The average molecular weight is 416 g/mol. The minimum Gasteiger partial charge on any atom is -0.394 e. The fourth-order valence-corrected chi connectivity index (χ4v) is 2.77. The van der Waals surface area contributed by atoms with Gasteiger partial charge in [-0.2, -0.15) is 4.99 Å². The minimum absolute atomic E-state index is 0.0137. The van der Waals surface area contributed by atoms with Crippen LogP contribution in [0.5, 0.6) is 0 Å². The normalized spacial score (nSPS) is 19.6. The van der Waals surface area contributed by atoms with Crippen molar-refractivity contribution < 1.29 is 24.9 Å². The van der Waals surface area contributed by atoms with E-state index in [4.69, 9.17) is 20.7 Å². The summed E-state index contributed by atoms with van der Waals surface area (Å²) in [4.78, 5) is 23.5. The number of H-pyrrole nitrogens is 1. The number of amidine groups is 1. The Morgan fingerprint density at radius 3 is 2.47 bits per heavy atom. The lowest BCUT2D eigenvalue weighted by atomic mass is 10.1. The van der Waals surface area contributed by atoms with Crippen LogP contribution in [0.15, 0.2) is 52.4 Å². The molecule has 0 radical (unpaired) electrons. The highest BCUT2D eigenvalue weighted by molar-refractivity contribution is 6.10. The molecule has 1 amide bonds. The molecule has 1 aromatic heterocycles. The number of aromatic nitrogens is 1. The molecular formula is C21H28N4O5. The van der Waals surface area contributed by atoms with Crippen molar-refractivity contribution in [3.8, 4) is 0 Å².